The SMILES string of the molecule is COC(=O)C[C@@H](C)n1c(C)nc2c(F)cc(Br)cc21. The van der Waals surface area contributed by atoms with Crippen LogP contribution >= 0.6 is 15.9 Å². The van der Waals surface area contributed by atoms with Crippen LogP contribution < -0.4 is 0 Å². The van der Waals surface area contributed by atoms with E-state index in [0.717, 1.165) is 0 Å². The van der Waals surface area contributed by atoms with Crippen molar-refractivity contribution in [2.75, 3.05) is 7.11 Å². The second kappa shape index (κ2) is 5.28. The fourth-order valence-corrected chi connectivity index (χ4v) is 2.63. The molecule has 0 N–H and O–H groups in total. The van der Waals surface area contributed by atoms with E-state index in [9.17, 15) is 9.18 Å². The third-order valence-electron chi connectivity index (χ3n) is 3.02. The zero-order valence-electron chi connectivity index (χ0n) is 10.9. The number of imidazole rings is 1. The Labute approximate surface area is 118 Å². The van der Waals surface area contributed by atoms with Crippen molar-refractivity contribution in [2.45, 2.75) is 26.3 Å². The van der Waals surface area contributed by atoms with Crippen LogP contribution in [0.3, 0.4) is 0 Å². The Morgan fingerprint density at radius 2 is 2.26 bits per heavy atom. The first-order chi connectivity index (χ1) is 8.93. The highest BCUT2D eigenvalue weighted by molar-refractivity contribution is 9.10. The van der Waals surface area contributed by atoms with E-state index < -0.39 is 0 Å². The molecule has 0 bridgehead atoms. The molecule has 0 aliphatic carbocycles. The van der Waals surface area contributed by atoms with Crippen LogP contribution in [0.5, 0.6) is 0 Å². The highest BCUT2D eigenvalue weighted by atomic mass is 79.9. The number of esters is 1. The van der Waals surface area contributed by atoms with Gasteiger partial charge >= 0.3 is 5.97 Å². The molecule has 0 amide bonds. The first-order valence-electron chi connectivity index (χ1n) is 5.84. The van der Waals surface area contributed by atoms with Crippen LogP contribution in [-0.4, -0.2) is 22.6 Å². The van der Waals surface area contributed by atoms with E-state index in [1.165, 1.54) is 13.2 Å². The Morgan fingerprint density at radius 3 is 2.89 bits per heavy atom. The fourth-order valence-electron chi connectivity index (χ4n) is 2.21. The predicted molar refractivity (Wildman–Crippen MR) is 73.5 cm³/mol. The quantitative estimate of drug-likeness (QED) is 0.811. The Kier molecular flexibility index (Phi) is 3.89. The van der Waals surface area contributed by atoms with Gasteiger partial charge in [0.2, 0.25) is 0 Å². The first kappa shape index (κ1) is 14.0. The number of methoxy groups -OCH3 is 1. The number of ether oxygens (including phenoxy) is 1. The zero-order chi connectivity index (χ0) is 14.2. The summed E-state index contributed by atoms with van der Waals surface area (Å²) >= 11 is 3.27. The number of aromatic nitrogens is 2. The Morgan fingerprint density at radius 1 is 1.58 bits per heavy atom. The van der Waals surface area contributed by atoms with Crippen molar-refractivity contribution in [1.82, 2.24) is 9.55 Å². The molecule has 102 valence electrons. The second-order valence-electron chi connectivity index (χ2n) is 4.41. The van der Waals surface area contributed by atoms with Crippen molar-refractivity contribution in [3.8, 4) is 0 Å². The van der Waals surface area contributed by atoms with Gasteiger partial charge in [-0.2, -0.15) is 0 Å². The summed E-state index contributed by atoms with van der Waals surface area (Å²) in [4.78, 5) is 15.6. The van der Waals surface area contributed by atoms with Crippen molar-refractivity contribution < 1.29 is 13.9 Å². The molecule has 2 aromatic rings. The minimum absolute atomic E-state index is 0.147. The van der Waals surface area contributed by atoms with E-state index in [0.29, 0.717) is 21.3 Å². The topological polar surface area (TPSA) is 44.1 Å². The summed E-state index contributed by atoms with van der Waals surface area (Å²) in [5, 5.41) is 0. The summed E-state index contributed by atoms with van der Waals surface area (Å²) in [6.07, 6.45) is 0.219. The van der Waals surface area contributed by atoms with Gasteiger partial charge < -0.3 is 9.30 Å². The Balaban J connectivity index is 2.53. The van der Waals surface area contributed by atoms with Crippen molar-refractivity contribution in [3.05, 3.63) is 28.2 Å². The number of halogens is 2. The van der Waals surface area contributed by atoms with Crippen LogP contribution in [-0.2, 0) is 9.53 Å². The smallest absolute Gasteiger partial charge is 0.307 e. The van der Waals surface area contributed by atoms with Crippen molar-refractivity contribution in [3.63, 3.8) is 0 Å². The van der Waals surface area contributed by atoms with Gasteiger partial charge in [0.05, 0.1) is 19.0 Å². The van der Waals surface area contributed by atoms with Gasteiger partial charge in [0.15, 0.2) is 5.82 Å². The number of benzene rings is 1. The van der Waals surface area contributed by atoms with Crippen LogP contribution in [0.25, 0.3) is 11.0 Å². The van der Waals surface area contributed by atoms with Gasteiger partial charge in [0.1, 0.15) is 11.3 Å². The molecule has 1 heterocycles. The average molecular weight is 329 g/mol. The predicted octanol–water partition coefficient (Wildman–Crippen LogP) is 3.37. The molecule has 0 saturated carbocycles. The van der Waals surface area contributed by atoms with E-state index in [1.54, 1.807) is 13.0 Å². The van der Waals surface area contributed by atoms with E-state index >= 15 is 0 Å². The van der Waals surface area contributed by atoms with Gasteiger partial charge in [-0.15, -0.1) is 0 Å². The number of rotatable bonds is 3. The number of hydrogen-bond donors (Lipinski definition) is 0. The molecule has 2 rings (SSSR count). The van der Waals surface area contributed by atoms with E-state index in [-0.39, 0.29) is 24.2 Å². The minimum Gasteiger partial charge on any atom is -0.469 e. The van der Waals surface area contributed by atoms with Gasteiger partial charge in [-0.1, -0.05) is 15.9 Å². The molecule has 0 spiro atoms. The first-order valence-corrected chi connectivity index (χ1v) is 6.63. The number of carbonyl (C=O) groups excluding carboxylic acids is 1. The molecule has 1 aromatic carbocycles. The highest BCUT2D eigenvalue weighted by Crippen LogP contribution is 2.27. The molecule has 0 unspecified atom stereocenters. The molecule has 0 fully saturated rings. The van der Waals surface area contributed by atoms with Crippen LogP contribution in [0.15, 0.2) is 16.6 Å². The normalized spacial score (nSPS) is 12.7. The fraction of sp³-hybridized carbons (Fsp3) is 0.385. The second-order valence-corrected chi connectivity index (χ2v) is 5.33. The maximum Gasteiger partial charge on any atom is 0.307 e. The lowest BCUT2D eigenvalue weighted by molar-refractivity contribution is -0.141. The summed E-state index contributed by atoms with van der Waals surface area (Å²) in [7, 11) is 1.35. The van der Waals surface area contributed by atoms with Gasteiger partial charge in [0, 0.05) is 10.5 Å². The lowest BCUT2D eigenvalue weighted by Crippen LogP contribution is -2.13. The lowest BCUT2D eigenvalue weighted by Gasteiger charge is -2.15. The van der Waals surface area contributed by atoms with Gasteiger partial charge in [-0.05, 0) is 26.0 Å². The Bertz CT molecular complexity index is 639. The van der Waals surface area contributed by atoms with E-state index in [4.69, 9.17) is 0 Å². The van der Waals surface area contributed by atoms with Crippen LogP contribution in [0.1, 0.15) is 25.2 Å². The monoisotopic (exact) mass is 328 g/mol. The molecule has 0 aliphatic heterocycles. The van der Waals surface area contributed by atoms with Crippen LogP contribution in [0.2, 0.25) is 0 Å². The zero-order valence-corrected chi connectivity index (χ0v) is 12.5. The number of carbonyl (C=O) groups is 1. The largest absolute Gasteiger partial charge is 0.469 e. The summed E-state index contributed by atoms with van der Waals surface area (Å²) in [6.45, 7) is 3.67. The van der Waals surface area contributed by atoms with Crippen molar-refractivity contribution in [1.29, 1.82) is 0 Å². The molecule has 1 atom stereocenters. The summed E-state index contributed by atoms with van der Waals surface area (Å²) in [5.74, 6) is -0.0101. The summed E-state index contributed by atoms with van der Waals surface area (Å²) in [5.41, 5.74) is 0.984. The standard InChI is InChI=1S/C13H14BrFN2O2/c1-7(4-12(18)19-3)17-8(2)16-13-10(15)5-9(14)6-11(13)17/h5-7H,4H2,1-3H3/t7-/m1/s1. The van der Waals surface area contributed by atoms with Gasteiger partial charge in [-0.3, -0.25) is 4.79 Å². The van der Waals surface area contributed by atoms with Crippen LogP contribution in [0, 0.1) is 12.7 Å². The maximum atomic E-state index is 13.8. The molecule has 4 nitrogen and oxygen atoms in total. The summed E-state index contributed by atoms with van der Waals surface area (Å²) in [6, 6.07) is 3.03. The minimum atomic E-state index is -0.378. The molecular weight excluding hydrogens is 315 g/mol. The van der Waals surface area contributed by atoms with Gasteiger partial charge in [0.25, 0.3) is 0 Å². The van der Waals surface area contributed by atoms with Crippen molar-refractivity contribution >= 4 is 32.9 Å². The number of nitrogens with zero attached hydrogens (tertiary/aromatic N) is 2. The molecule has 19 heavy (non-hydrogen) atoms. The molecule has 6 heteroatoms. The molecule has 1 aromatic heterocycles. The Hall–Kier alpha value is -1.43. The molecule has 0 aliphatic rings. The summed E-state index contributed by atoms with van der Waals surface area (Å²) < 4.78 is 21.0. The highest BCUT2D eigenvalue weighted by Gasteiger charge is 2.18. The average Bonchev–Trinajstić information content (AvgIpc) is 2.65. The molecular formula is C13H14BrFN2O2. The van der Waals surface area contributed by atoms with Crippen LogP contribution in [0.4, 0.5) is 4.39 Å². The van der Waals surface area contributed by atoms with E-state index in [1.807, 2.05) is 11.5 Å². The molecule has 0 saturated heterocycles. The maximum absolute atomic E-state index is 13.8. The van der Waals surface area contributed by atoms with Gasteiger partial charge in [-0.25, -0.2) is 9.37 Å². The third kappa shape index (κ3) is 2.63. The number of fused-ring (bicyclic) bond motifs is 1. The van der Waals surface area contributed by atoms with E-state index in [2.05, 4.69) is 25.7 Å². The number of hydrogen-bond acceptors (Lipinski definition) is 3. The lowest BCUT2D eigenvalue weighted by atomic mass is 10.2. The molecule has 0 radical (unpaired) electrons. The third-order valence-corrected chi connectivity index (χ3v) is 3.48. The number of aryl methyl sites for hydroxylation is 1. The van der Waals surface area contributed by atoms with Crippen molar-refractivity contribution in [2.24, 2.45) is 0 Å².